The summed E-state index contributed by atoms with van der Waals surface area (Å²) in [4.78, 5) is 0. The van der Waals surface area contributed by atoms with E-state index in [1.165, 1.54) is 117 Å². The summed E-state index contributed by atoms with van der Waals surface area (Å²) in [6.45, 7) is 13.5. The molecule has 0 N–H and O–H groups in total. The van der Waals surface area contributed by atoms with Crippen LogP contribution in [0.15, 0.2) is 84.9 Å². The van der Waals surface area contributed by atoms with Crippen LogP contribution in [0.1, 0.15) is 69.2 Å². The first-order valence-corrected chi connectivity index (χ1v) is 16.9. The number of hydrogen-bond acceptors (Lipinski definition) is 0. The highest BCUT2D eigenvalue weighted by atomic mass is 14.2. The van der Waals surface area contributed by atoms with Gasteiger partial charge in [-0.3, -0.25) is 0 Å². The van der Waals surface area contributed by atoms with E-state index in [2.05, 4.69) is 139 Å². The second-order valence-electron chi connectivity index (χ2n) is 13.9. The van der Waals surface area contributed by atoms with E-state index in [4.69, 9.17) is 0 Å². The molecule has 0 atom stereocenters. The number of rotatable bonds is 3. The van der Waals surface area contributed by atoms with E-state index < -0.39 is 0 Å². The van der Waals surface area contributed by atoms with Gasteiger partial charge >= 0.3 is 0 Å². The van der Waals surface area contributed by atoms with Crippen LogP contribution in [0, 0.1) is 25.7 Å². The van der Waals surface area contributed by atoms with Crippen LogP contribution in [-0.4, -0.2) is 0 Å². The second-order valence-corrected chi connectivity index (χ2v) is 13.9. The van der Waals surface area contributed by atoms with Crippen LogP contribution in [0.25, 0.3) is 87.6 Å². The Hall–Kier alpha value is -4.42. The Morgan fingerprint density at radius 1 is 0.533 bits per heavy atom. The number of benzene rings is 8. The van der Waals surface area contributed by atoms with Crippen LogP contribution >= 0.6 is 0 Å². The minimum atomic E-state index is 0.510. The molecule has 1 fully saturated rings. The van der Waals surface area contributed by atoms with Crippen LogP contribution in [0.5, 0.6) is 0 Å². The van der Waals surface area contributed by atoms with Gasteiger partial charge in [0.1, 0.15) is 0 Å². The molecule has 0 heteroatoms. The van der Waals surface area contributed by atoms with Crippen LogP contribution in [0.3, 0.4) is 0 Å². The van der Waals surface area contributed by atoms with Crippen molar-refractivity contribution >= 4 is 87.6 Å². The molecule has 0 radical (unpaired) electrons. The highest BCUT2D eigenvalue weighted by Crippen LogP contribution is 2.48. The summed E-state index contributed by atoms with van der Waals surface area (Å²) in [7, 11) is 0. The van der Waals surface area contributed by atoms with E-state index in [0.717, 1.165) is 5.92 Å². The third-order valence-corrected chi connectivity index (χ3v) is 10.7. The van der Waals surface area contributed by atoms with Gasteiger partial charge < -0.3 is 0 Å². The highest BCUT2D eigenvalue weighted by Gasteiger charge is 2.21. The van der Waals surface area contributed by atoms with Crippen LogP contribution < -0.4 is 0 Å². The molecule has 0 saturated heterocycles. The van der Waals surface area contributed by atoms with Gasteiger partial charge in [0.25, 0.3) is 0 Å². The third-order valence-electron chi connectivity index (χ3n) is 10.7. The van der Waals surface area contributed by atoms with Crippen LogP contribution in [-0.2, 0) is 0 Å². The number of fused-ring (bicyclic) bond motifs is 4. The standard InChI is InChI=1S/C40H32.C5H10/c1-6-9-29-26(13-12-22(2)3)24(5)28-15-17-33-36-21-19-32-30-11-8-7-10-25(30)23(4)27-14-16-34(40(36)38(27)32)35-20-18-31(29)37(28)39(33)35;1-5-3-2-4-5/h6-22H,1-5H3;5H,2-4H2,1H3/b9-6?,13-12-;. The summed E-state index contributed by atoms with van der Waals surface area (Å²) in [5.41, 5.74) is 5.39. The maximum Gasteiger partial charge on any atom is -0.00140 e. The molecule has 0 spiro atoms. The SMILES string of the molecule is CC1CCC1.CC=Cc1c(/C=C\C(C)C)c(C)c2ccc3c4ccc5c6ccccc6c(C)c6ccc(c7ccc1c2c73)c4c65. The Kier molecular flexibility index (Phi) is 6.61. The molecule has 0 aliphatic heterocycles. The molecule has 9 rings (SSSR count). The quantitative estimate of drug-likeness (QED) is 0.144. The second kappa shape index (κ2) is 10.6. The maximum absolute atomic E-state index is 2.39. The van der Waals surface area contributed by atoms with Crippen molar-refractivity contribution in [3.05, 3.63) is 107 Å². The van der Waals surface area contributed by atoms with Crippen molar-refractivity contribution in [1.29, 1.82) is 0 Å². The van der Waals surface area contributed by atoms with Gasteiger partial charge in [-0.25, -0.2) is 0 Å². The summed E-state index contributed by atoms with van der Waals surface area (Å²) in [6, 6.07) is 27.9. The lowest BCUT2D eigenvalue weighted by molar-refractivity contribution is 0.346. The van der Waals surface area contributed by atoms with Gasteiger partial charge in [-0.1, -0.05) is 137 Å². The zero-order valence-electron chi connectivity index (χ0n) is 27.5. The van der Waals surface area contributed by atoms with E-state index in [1.807, 2.05) is 0 Å². The largest absolute Gasteiger partial charge is 0.0870 e. The van der Waals surface area contributed by atoms with Gasteiger partial charge in [-0.15, -0.1) is 0 Å². The number of hydrogen-bond donors (Lipinski definition) is 0. The molecule has 8 aromatic rings. The fraction of sp³-hybridized carbons (Fsp3) is 0.244. The predicted octanol–water partition coefficient (Wildman–Crippen LogP) is 13.8. The van der Waals surface area contributed by atoms with E-state index >= 15 is 0 Å². The van der Waals surface area contributed by atoms with E-state index in [0.29, 0.717) is 5.92 Å². The molecule has 45 heavy (non-hydrogen) atoms. The molecule has 1 aliphatic carbocycles. The fourth-order valence-electron chi connectivity index (χ4n) is 8.11. The van der Waals surface area contributed by atoms with Crippen molar-refractivity contribution in [2.75, 3.05) is 0 Å². The minimum absolute atomic E-state index is 0.510. The molecule has 0 nitrogen and oxygen atoms in total. The summed E-state index contributed by atoms with van der Waals surface area (Å²) in [6.07, 6.45) is 13.6. The monoisotopic (exact) mass is 582 g/mol. The minimum Gasteiger partial charge on any atom is -0.0870 e. The molecule has 0 amide bonds. The van der Waals surface area contributed by atoms with Crippen molar-refractivity contribution < 1.29 is 0 Å². The predicted molar refractivity (Wildman–Crippen MR) is 202 cm³/mol. The van der Waals surface area contributed by atoms with Crippen molar-refractivity contribution in [2.24, 2.45) is 11.8 Å². The molecule has 0 heterocycles. The molecule has 0 aromatic heterocycles. The molecule has 0 unspecified atom stereocenters. The zero-order valence-corrected chi connectivity index (χ0v) is 27.5. The van der Waals surface area contributed by atoms with Crippen molar-refractivity contribution in [2.45, 2.75) is 60.8 Å². The van der Waals surface area contributed by atoms with Gasteiger partial charge in [-0.2, -0.15) is 0 Å². The van der Waals surface area contributed by atoms with Crippen molar-refractivity contribution in [3.8, 4) is 0 Å². The topological polar surface area (TPSA) is 0 Å². The maximum atomic E-state index is 2.39. The molecular formula is C45H42. The third kappa shape index (κ3) is 4.11. The summed E-state index contributed by atoms with van der Waals surface area (Å²) in [5, 5.41) is 19.2. The fourth-order valence-corrected chi connectivity index (χ4v) is 8.11. The smallest absolute Gasteiger partial charge is 0.00140 e. The summed E-state index contributed by atoms with van der Waals surface area (Å²) >= 11 is 0. The van der Waals surface area contributed by atoms with Crippen molar-refractivity contribution in [3.63, 3.8) is 0 Å². The first-order chi connectivity index (χ1) is 21.9. The average Bonchev–Trinajstić information content (AvgIpc) is 3.04. The number of allylic oxidation sites excluding steroid dienone is 2. The van der Waals surface area contributed by atoms with Gasteiger partial charge in [0.05, 0.1) is 0 Å². The Morgan fingerprint density at radius 2 is 0.978 bits per heavy atom. The van der Waals surface area contributed by atoms with Gasteiger partial charge in [0.15, 0.2) is 0 Å². The lowest BCUT2D eigenvalue weighted by Crippen LogP contribution is -2.04. The first-order valence-electron chi connectivity index (χ1n) is 16.9. The molecular weight excluding hydrogens is 540 g/mol. The summed E-state index contributed by atoms with van der Waals surface area (Å²) in [5.74, 6) is 1.57. The Morgan fingerprint density at radius 3 is 1.49 bits per heavy atom. The number of aryl methyl sites for hydroxylation is 2. The van der Waals surface area contributed by atoms with Crippen LogP contribution in [0.4, 0.5) is 0 Å². The molecule has 8 aromatic carbocycles. The van der Waals surface area contributed by atoms with E-state index in [-0.39, 0.29) is 0 Å². The van der Waals surface area contributed by atoms with E-state index in [1.54, 1.807) is 0 Å². The van der Waals surface area contributed by atoms with Crippen LogP contribution in [0.2, 0.25) is 0 Å². The normalized spacial score (nSPS) is 14.6. The Balaban J connectivity index is 0.000000550. The molecule has 222 valence electrons. The highest BCUT2D eigenvalue weighted by molar-refractivity contribution is 6.41. The Labute approximate surface area is 266 Å². The average molecular weight is 583 g/mol. The first kappa shape index (κ1) is 28.1. The van der Waals surface area contributed by atoms with Gasteiger partial charge in [0, 0.05) is 0 Å². The zero-order chi connectivity index (χ0) is 31.0. The molecule has 1 saturated carbocycles. The van der Waals surface area contributed by atoms with Crippen molar-refractivity contribution in [1.82, 2.24) is 0 Å². The van der Waals surface area contributed by atoms with Gasteiger partial charge in [-0.05, 0) is 130 Å². The molecule has 0 bridgehead atoms. The van der Waals surface area contributed by atoms with Gasteiger partial charge in [0.2, 0.25) is 0 Å². The Bertz CT molecular complexity index is 2440. The van der Waals surface area contributed by atoms with E-state index in [9.17, 15) is 0 Å². The summed E-state index contributed by atoms with van der Waals surface area (Å²) < 4.78 is 0. The molecule has 1 aliphatic rings. The lowest BCUT2D eigenvalue weighted by Gasteiger charge is -2.22. The lowest BCUT2D eigenvalue weighted by atomic mass is 9.81.